The number of hydrogen-bond acceptors (Lipinski definition) is 2. The molecule has 1 aromatic rings. The minimum atomic E-state index is 0.337. The summed E-state index contributed by atoms with van der Waals surface area (Å²) in [5.41, 5.74) is 1.72. The van der Waals surface area contributed by atoms with E-state index in [0.717, 1.165) is 25.2 Å². The van der Waals surface area contributed by atoms with Gasteiger partial charge in [0.1, 0.15) is 5.75 Å². The standard InChI is InChI=1S/C17H29NO/c1-14(18-5)6-7-15-8-10-16(11-9-15)19-13-12-17(2,3)4/h8-11,14,18H,6-7,12-13H2,1-5H3. The lowest BCUT2D eigenvalue weighted by Gasteiger charge is -2.18. The van der Waals surface area contributed by atoms with Crippen LogP contribution in [0.3, 0.4) is 0 Å². The highest BCUT2D eigenvalue weighted by Crippen LogP contribution is 2.20. The second kappa shape index (κ2) is 7.54. The van der Waals surface area contributed by atoms with Gasteiger partial charge in [-0.25, -0.2) is 0 Å². The van der Waals surface area contributed by atoms with Gasteiger partial charge in [-0.15, -0.1) is 0 Å². The molecule has 1 N–H and O–H groups in total. The van der Waals surface area contributed by atoms with Crippen LogP contribution in [-0.4, -0.2) is 19.7 Å². The van der Waals surface area contributed by atoms with Crippen LogP contribution in [0.5, 0.6) is 5.75 Å². The molecule has 0 fully saturated rings. The molecule has 0 heterocycles. The largest absolute Gasteiger partial charge is 0.494 e. The van der Waals surface area contributed by atoms with E-state index in [0.29, 0.717) is 11.5 Å². The number of benzene rings is 1. The fraction of sp³-hybridized carbons (Fsp3) is 0.647. The third kappa shape index (κ3) is 7.22. The molecule has 0 saturated heterocycles. The Morgan fingerprint density at radius 2 is 1.79 bits per heavy atom. The molecule has 1 atom stereocenters. The van der Waals surface area contributed by atoms with E-state index < -0.39 is 0 Å². The molecule has 0 amide bonds. The van der Waals surface area contributed by atoms with Crippen LogP contribution < -0.4 is 10.1 Å². The van der Waals surface area contributed by atoms with Crippen molar-refractivity contribution in [3.05, 3.63) is 29.8 Å². The monoisotopic (exact) mass is 263 g/mol. The molecule has 0 spiro atoms. The van der Waals surface area contributed by atoms with E-state index >= 15 is 0 Å². The number of ether oxygens (including phenoxy) is 1. The highest BCUT2D eigenvalue weighted by atomic mass is 16.5. The Hall–Kier alpha value is -1.02. The fourth-order valence-electron chi connectivity index (χ4n) is 1.75. The molecule has 0 aliphatic heterocycles. The van der Waals surface area contributed by atoms with Gasteiger partial charge >= 0.3 is 0 Å². The van der Waals surface area contributed by atoms with Gasteiger partial charge in [-0.3, -0.25) is 0 Å². The maximum atomic E-state index is 5.77. The number of nitrogens with one attached hydrogen (secondary N) is 1. The van der Waals surface area contributed by atoms with Gasteiger partial charge in [0, 0.05) is 6.04 Å². The van der Waals surface area contributed by atoms with E-state index in [1.807, 2.05) is 7.05 Å². The Kier molecular flexibility index (Phi) is 6.36. The maximum Gasteiger partial charge on any atom is 0.119 e. The van der Waals surface area contributed by atoms with Gasteiger partial charge in [-0.1, -0.05) is 32.9 Å². The average Bonchev–Trinajstić information content (AvgIpc) is 2.36. The van der Waals surface area contributed by atoms with Crippen LogP contribution in [-0.2, 0) is 6.42 Å². The summed E-state index contributed by atoms with van der Waals surface area (Å²) in [5, 5.41) is 3.26. The SMILES string of the molecule is CNC(C)CCc1ccc(OCCC(C)(C)C)cc1. The Labute approximate surface area is 118 Å². The first-order chi connectivity index (χ1) is 8.90. The minimum Gasteiger partial charge on any atom is -0.494 e. The summed E-state index contributed by atoms with van der Waals surface area (Å²) in [5.74, 6) is 0.981. The van der Waals surface area contributed by atoms with Crippen molar-refractivity contribution in [2.75, 3.05) is 13.7 Å². The quantitative estimate of drug-likeness (QED) is 0.801. The molecule has 2 nitrogen and oxygen atoms in total. The van der Waals surface area contributed by atoms with Crippen LogP contribution in [0.25, 0.3) is 0 Å². The Morgan fingerprint density at radius 1 is 1.16 bits per heavy atom. The molecular weight excluding hydrogens is 234 g/mol. The van der Waals surface area contributed by atoms with Crippen LogP contribution in [0.2, 0.25) is 0 Å². The van der Waals surface area contributed by atoms with Crippen LogP contribution in [0.4, 0.5) is 0 Å². The summed E-state index contributed by atoms with van der Waals surface area (Å²) < 4.78 is 5.77. The second-order valence-electron chi connectivity index (χ2n) is 6.53. The normalized spacial score (nSPS) is 13.3. The van der Waals surface area contributed by atoms with Crippen molar-refractivity contribution in [2.45, 2.75) is 53.0 Å². The van der Waals surface area contributed by atoms with Gasteiger partial charge in [0.05, 0.1) is 6.61 Å². The lowest BCUT2D eigenvalue weighted by Crippen LogP contribution is -2.21. The summed E-state index contributed by atoms with van der Waals surface area (Å²) in [6.07, 6.45) is 3.36. The van der Waals surface area contributed by atoms with Crippen molar-refractivity contribution < 1.29 is 4.74 Å². The summed E-state index contributed by atoms with van der Waals surface area (Å²) >= 11 is 0. The smallest absolute Gasteiger partial charge is 0.119 e. The van der Waals surface area contributed by atoms with Gasteiger partial charge in [0.15, 0.2) is 0 Å². The van der Waals surface area contributed by atoms with E-state index in [1.165, 1.54) is 12.0 Å². The Bertz CT molecular complexity index is 351. The molecule has 0 bridgehead atoms. The summed E-state index contributed by atoms with van der Waals surface area (Å²) in [4.78, 5) is 0. The third-order valence-corrected chi connectivity index (χ3v) is 3.40. The lowest BCUT2D eigenvalue weighted by molar-refractivity contribution is 0.243. The Morgan fingerprint density at radius 3 is 2.32 bits per heavy atom. The summed E-state index contributed by atoms with van der Waals surface area (Å²) in [7, 11) is 2.01. The van der Waals surface area contributed by atoms with Crippen molar-refractivity contribution in [2.24, 2.45) is 5.41 Å². The average molecular weight is 263 g/mol. The van der Waals surface area contributed by atoms with Crippen LogP contribution >= 0.6 is 0 Å². The van der Waals surface area contributed by atoms with Gasteiger partial charge in [-0.2, -0.15) is 0 Å². The molecule has 1 unspecified atom stereocenters. The first-order valence-corrected chi connectivity index (χ1v) is 7.30. The van der Waals surface area contributed by atoms with Gasteiger partial charge in [0.25, 0.3) is 0 Å². The second-order valence-corrected chi connectivity index (χ2v) is 6.53. The predicted octanol–water partition coefficient (Wildman–Crippen LogP) is 4.04. The summed E-state index contributed by atoms with van der Waals surface area (Å²) in [6.45, 7) is 9.72. The first kappa shape index (κ1) is 16.0. The molecule has 1 rings (SSSR count). The molecular formula is C17H29NO. The highest BCUT2D eigenvalue weighted by Gasteiger charge is 2.09. The van der Waals surface area contributed by atoms with Gasteiger partial charge < -0.3 is 10.1 Å². The molecule has 0 aromatic heterocycles. The van der Waals surface area contributed by atoms with Crippen molar-refractivity contribution in [1.29, 1.82) is 0 Å². The fourth-order valence-corrected chi connectivity index (χ4v) is 1.75. The molecule has 0 aliphatic carbocycles. The molecule has 0 radical (unpaired) electrons. The number of hydrogen-bond donors (Lipinski definition) is 1. The topological polar surface area (TPSA) is 21.3 Å². The first-order valence-electron chi connectivity index (χ1n) is 7.30. The zero-order valence-corrected chi connectivity index (χ0v) is 13.1. The Balaban J connectivity index is 2.35. The number of rotatable bonds is 7. The van der Waals surface area contributed by atoms with Crippen LogP contribution in [0, 0.1) is 5.41 Å². The van der Waals surface area contributed by atoms with Crippen LogP contribution in [0.15, 0.2) is 24.3 Å². The van der Waals surface area contributed by atoms with E-state index in [2.05, 4.69) is 57.3 Å². The molecule has 108 valence electrons. The molecule has 1 aromatic carbocycles. The van der Waals surface area contributed by atoms with Crippen LogP contribution in [0.1, 0.15) is 46.1 Å². The van der Waals surface area contributed by atoms with Crippen molar-refractivity contribution in [3.8, 4) is 5.75 Å². The molecule has 0 aliphatic rings. The van der Waals surface area contributed by atoms with E-state index in [9.17, 15) is 0 Å². The molecule has 19 heavy (non-hydrogen) atoms. The summed E-state index contributed by atoms with van der Waals surface area (Å²) in [6, 6.07) is 9.09. The zero-order chi connectivity index (χ0) is 14.3. The zero-order valence-electron chi connectivity index (χ0n) is 13.1. The highest BCUT2D eigenvalue weighted by molar-refractivity contribution is 5.27. The third-order valence-electron chi connectivity index (χ3n) is 3.40. The van der Waals surface area contributed by atoms with Crippen molar-refractivity contribution >= 4 is 0 Å². The lowest BCUT2D eigenvalue weighted by atomic mass is 9.93. The van der Waals surface area contributed by atoms with E-state index in [1.54, 1.807) is 0 Å². The number of aryl methyl sites for hydroxylation is 1. The maximum absolute atomic E-state index is 5.77. The van der Waals surface area contributed by atoms with Gasteiger partial charge in [-0.05, 0) is 56.3 Å². The minimum absolute atomic E-state index is 0.337. The van der Waals surface area contributed by atoms with Gasteiger partial charge in [0.2, 0.25) is 0 Å². The predicted molar refractivity (Wildman–Crippen MR) is 82.9 cm³/mol. The molecule has 0 saturated carbocycles. The van der Waals surface area contributed by atoms with E-state index in [-0.39, 0.29) is 0 Å². The van der Waals surface area contributed by atoms with Crippen molar-refractivity contribution in [1.82, 2.24) is 5.32 Å². The molecule has 2 heteroatoms. The van der Waals surface area contributed by atoms with E-state index in [4.69, 9.17) is 4.74 Å². The van der Waals surface area contributed by atoms with Crippen molar-refractivity contribution in [3.63, 3.8) is 0 Å².